The molecule has 0 spiro atoms. The smallest absolute Gasteiger partial charge is 0.343 e. The number of nitrogens with zero attached hydrogens (tertiary/aromatic N) is 1. The van der Waals surface area contributed by atoms with Gasteiger partial charge in [-0.05, 0) is 86.5 Å². The summed E-state index contributed by atoms with van der Waals surface area (Å²) in [5.74, 6) is 1.26. The maximum absolute atomic E-state index is 12.8. The van der Waals surface area contributed by atoms with Gasteiger partial charge in [-0.25, -0.2) is 4.79 Å². The van der Waals surface area contributed by atoms with Crippen molar-refractivity contribution < 1.29 is 28.5 Å². The molecule has 9 heteroatoms. The van der Waals surface area contributed by atoms with Gasteiger partial charge in [0.25, 0.3) is 0 Å². The van der Waals surface area contributed by atoms with Gasteiger partial charge < -0.3 is 29.4 Å². The first-order valence-corrected chi connectivity index (χ1v) is 14.5. The van der Waals surface area contributed by atoms with Crippen LogP contribution >= 0.6 is 11.6 Å². The molecule has 4 aromatic carbocycles. The normalized spacial score (nSPS) is 13.9. The van der Waals surface area contributed by atoms with Gasteiger partial charge in [-0.1, -0.05) is 35.9 Å². The van der Waals surface area contributed by atoms with Crippen LogP contribution in [0, 0.1) is 11.3 Å². The van der Waals surface area contributed by atoms with Crippen LogP contribution in [0.2, 0.25) is 5.02 Å². The van der Waals surface area contributed by atoms with E-state index in [0.29, 0.717) is 52.4 Å². The van der Waals surface area contributed by atoms with Crippen molar-refractivity contribution in [2.45, 2.75) is 39.4 Å². The number of fused-ring (bicyclic) bond motifs is 1. The molecule has 2 N–H and O–H groups in total. The van der Waals surface area contributed by atoms with Gasteiger partial charge in [0.15, 0.2) is 11.5 Å². The first kappa shape index (κ1) is 30.3. The van der Waals surface area contributed by atoms with Crippen molar-refractivity contribution in [2.24, 2.45) is 5.73 Å². The average molecular weight is 611 g/mol. The molecule has 0 aromatic heterocycles. The molecule has 224 valence electrons. The van der Waals surface area contributed by atoms with Crippen molar-refractivity contribution in [1.82, 2.24) is 0 Å². The van der Waals surface area contributed by atoms with Crippen molar-refractivity contribution in [3.63, 3.8) is 0 Å². The fraction of sp³-hybridized carbons (Fsp3) is 0.200. The van der Waals surface area contributed by atoms with Gasteiger partial charge in [-0.15, -0.1) is 0 Å². The van der Waals surface area contributed by atoms with Crippen LogP contribution in [0.5, 0.6) is 28.7 Å². The summed E-state index contributed by atoms with van der Waals surface area (Å²) in [5, 5.41) is 10.7. The summed E-state index contributed by atoms with van der Waals surface area (Å²) in [7, 11) is 0. The molecule has 0 amide bonds. The fourth-order valence-corrected chi connectivity index (χ4v) is 4.91. The van der Waals surface area contributed by atoms with E-state index in [2.05, 4.69) is 6.07 Å². The van der Waals surface area contributed by atoms with Crippen molar-refractivity contribution in [1.29, 1.82) is 5.26 Å². The van der Waals surface area contributed by atoms with Crippen molar-refractivity contribution in [3.8, 4) is 34.8 Å². The molecule has 0 aliphatic carbocycles. The van der Waals surface area contributed by atoms with E-state index in [4.69, 9.17) is 41.0 Å². The lowest BCUT2D eigenvalue weighted by Crippen LogP contribution is -2.21. The van der Waals surface area contributed by atoms with E-state index in [1.165, 1.54) is 0 Å². The molecule has 5 rings (SSSR count). The first-order valence-electron chi connectivity index (χ1n) is 14.1. The highest BCUT2D eigenvalue weighted by Gasteiger charge is 2.32. The van der Waals surface area contributed by atoms with Crippen molar-refractivity contribution in [2.75, 3.05) is 6.61 Å². The van der Waals surface area contributed by atoms with Crippen LogP contribution in [-0.2, 0) is 6.61 Å². The lowest BCUT2D eigenvalue weighted by atomic mass is 9.83. The largest absolute Gasteiger partial charge is 0.491 e. The van der Waals surface area contributed by atoms with Gasteiger partial charge in [0.05, 0.1) is 24.2 Å². The molecule has 1 atom stereocenters. The Kier molecular flexibility index (Phi) is 9.27. The average Bonchev–Trinajstić information content (AvgIpc) is 3.00. The summed E-state index contributed by atoms with van der Waals surface area (Å²) in [4.78, 5) is 12.8. The summed E-state index contributed by atoms with van der Waals surface area (Å²) < 4.78 is 29.1. The highest BCUT2D eigenvalue weighted by atomic mass is 35.5. The third-order valence-electron chi connectivity index (χ3n) is 6.77. The fourth-order valence-electron chi connectivity index (χ4n) is 4.78. The minimum Gasteiger partial charge on any atom is -0.491 e. The zero-order chi connectivity index (χ0) is 31.2. The van der Waals surface area contributed by atoms with E-state index >= 15 is 0 Å². The molecule has 1 unspecified atom stereocenters. The Labute approximate surface area is 261 Å². The first-order chi connectivity index (χ1) is 21.2. The number of halogens is 1. The number of ether oxygens (including phenoxy) is 5. The molecular weight excluding hydrogens is 580 g/mol. The molecule has 0 radical (unpaired) electrons. The van der Waals surface area contributed by atoms with E-state index < -0.39 is 11.9 Å². The van der Waals surface area contributed by atoms with E-state index in [9.17, 15) is 10.1 Å². The molecule has 1 aliphatic heterocycles. The maximum atomic E-state index is 12.8. The summed E-state index contributed by atoms with van der Waals surface area (Å²) in [6, 6.07) is 26.8. The van der Waals surface area contributed by atoms with Crippen molar-refractivity contribution >= 4 is 17.6 Å². The molecule has 0 saturated carbocycles. The minimum atomic E-state index is -0.550. The molecule has 0 bridgehead atoms. The molecule has 0 saturated heterocycles. The second kappa shape index (κ2) is 13.4. The summed E-state index contributed by atoms with van der Waals surface area (Å²) in [6.45, 7) is 6.48. The van der Waals surface area contributed by atoms with Gasteiger partial charge in [-0.2, -0.15) is 5.26 Å². The third-order valence-corrected chi connectivity index (χ3v) is 7.02. The summed E-state index contributed by atoms with van der Waals surface area (Å²) in [5.41, 5.74) is 9.23. The van der Waals surface area contributed by atoms with Gasteiger partial charge in [0.2, 0.25) is 5.88 Å². The predicted molar refractivity (Wildman–Crippen MR) is 166 cm³/mol. The number of esters is 1. The number of nitrogens with two attached hydrogens (primary N) is 1. The maximum Gasteiger partial charge on any atom is 0.343 e. The number of benzene rings is 4. The topological polar surface area (TPSA) is 113 Å². The van der Waals surface area contributed by atoms with Gasteiger partial charge in [0, 0.05) is 16.7 Å². The van der Waals surface area contributed by atoms with Crippen LogP contribution in [0.25, 0.3) is 0 Å². The Morgan fingerprint density at radius 3 is 2.36 bits per heavy atom. The Balaban J connectivity index is 1.40. The molecule has 4 aromatic rings. The highest BCUT2D eigenvalue weighted by molar-refractivity contribution is 6.30. The SMILES string of the molecule is CCOc1cc(C2C(C#N)=C(N)Oc3cc(OC(=O)c4ccc(OC(C)C)cc4)ccc32)ccc1OCc1ccc(Cl)cc1. The van der Waals surface area contributed by atoms with E-state index in [-0.39, 0.29) is 23.3 Å². The second-order valence-electron chi connectivity index (χ2n) is 10.3. The monoisotopic (exact) mass is 610 g/mol. The van der Waals surface area contributed by atoms with Gasteiger partial charge in [0.1, 0.15) is 35.5 Å². The molecule has 1 aliphatic rings. The Bertz CT molecular complexity index is 1730. The van der Waals surface area contributed by atoms with E-state index in [0.717, 1.165) is 11.1 Å². The standard InChI is InChI=1S/C35H31ClN2O6/c1-4-40-32-17-24(9-16-30(32)41-20-22-5-10-25(36)11-6-22)33-28-15-14-27(18-31(28)44-34(38)29(33)19-37)43-35(39)23-7-12-26(13-8-23)42-21(2)3/h5-18,21,33H,4,20,38H2,1-3H3. The van der Waals surface area contributed by atoms with Gasteiger partial charge in [-0.3, -0.25) is 0 Å². The predicted octanol–water partition coefficient (Wildman–Crippen LogP) is 7.54. The third kappa shape index (κ3) is 6.91. The van der Waals surface area contributed by atoms with Crippen molar-refractivity contribution in [3.05, 3.63) is 124 Å². The van der Waals surface area contributed by atoms with E-state index in [1.54, 1.807) is 42.5 Å². The molecule has 1 heterocycles. The Morgan fingerprint density at radius 1 is 0.955 bits per heavy atom. The van der Waals surface area contributed by atoms with Crippen LogP contribution in [0.3, 0.4) is 0 Å². The summed E-state index contributed by atoms with van der Waals surface area (Å²) >= 11 is 6.00. The zero-order valence-corrected chi connectivity index (χ0v) is 25.3. The lowest BCUT2D eigenvalue weighted by Gasteiger charge is -2.27. The van der Waals surface area contributed by atoms with Crippen LogP contribution in [0.4, 0.5) is 0 Å². The number of nitriles is 1. The summed E-state index contributed by atoms with van der Waals surface area (Å²) in [6.07, 6.45) is 0.0206. The molecule has 8 nitrogen and oxygen atoms in total. The Morgan fingerprint density at radius 2 is 1.68 bits per heavy atom. The van der Waals surface area contributed by atoms with Gasteiger partial charge >= 0.3 is 5.97 Å². The number of carbonyl (C=O) groups excluding carboxylic acids is 1. The zero-order valence-electron chi connectivity index (χ0n) is 24.5. The Hall–Kier alpha value is -5.13. The number of allylic oxidation sites excluding steroid dienone is 1. The van der Waals surface area contributed by atoms with Crippen LogP contribution in [-0.4, -0.2) is 18.7 Å². The second-order valence-corrected chi connectivity index (χ2v) is 10.7. The molecule has 0 fully saturated rings. The molecular formula is C35H31ClN2O6. The van der Waals surface area contributed by atoms with E-state index in [1.807, 2.05) is 63.2 Å². The highest BCUT2D eigenvalue weighted by Crippen LogP contribution is 2.45. The minimum absolute atomic E-state index is 0.0206. The quantitative estimate of drug-likeness (QED) is 0.145. The van der Waals surface area contributed by atoms with Crippen LogP contribution in [0.15, 0.2) is 96.4 Å². The number of carbonyl (C=O) groups is 1. The van der Waals surface area contributed by atoms with Crippen LogP contribution in [0.1, 0.15) is 53.7 Å². The lowest BCUT2D eigenvalue weighted by molar-refractivity contribution is 0.0734. The number of rotatable bonds is 10. The van der Waals surface area contributed by atoms with Crippen LogP contribution < -0.4 is 29.4 Å². The number of hydrogen-bond acceptors (Lipinski definition) is 8. The number of hydrogen-bond donors (Lipinski definition) is 1. The molecule has 44 heavy (non-hydrogen) atoms.